The quantitative estimate of drug-likeness (QED) is 0.612. The Morgan fingerprint density at radius 1 is 1.10 bits per heavy atom. The van der Waals surface area contributed by atoms with Crippen LogP contribution in [-0.4, -0.2) is 24.1 Å². The van der Waals surface area contributed by atoms with Crippen LogP contribution in [0.4, 0.5) is 0 Å². The van der Waals surface area contributed by atoms with Crippen molar-refractivity contribution in [3.8, 4) is 0 Å². The third-order valence-electron chi connectivity index (χ3n) is 3.17. The molecular weight excluding hydrogens is 278 g/mol. The van der Waals surface area contributed by atoms with Crippen LogP contribution < -0.4 is 0 Å². The van der Waals surface area contributed by atoms with E-state index in [0.717, 1.165) is 11.1 Å². The van der Waals surface area contributed by atoms with Gasteiger partial charge in [-0.25, -0.2) is 0 Å². The molecule has 0 aliphatic heterocycles. The van der Waals surface area contributed by atoms with E-state index in [1.807, 2.05) is 43.5 Å². The van der Waals surface area contributed by atoms with Gasteiger partial charge in [0.1, 0.15) is 0 Å². The predicted molar refractivity (Wildman–Crippen MR) is 90.2 cm³/mol. The lowest BCUT2D eigenvalue weighted by Crippen LogP contribution is -2.24. The van der Waals surface area contributed by atoms with Crippen LogP contribution >= 0.6 is 11.8 Å². The maximum Gasteiger partial charge on any atom is 0.246 e. The van der Waals surface area contributed by atoms with Crippen molar-refractivity contribution in [2.75, 3.05) is 13.3 Å². The first kappa shape index (κ1) is 15.4. The van der Waals surface area contributed by atoms with Crippen molar-refractivity contribution in [2.45, 2.75) is 11.4 Å². The van der Waals surface area contributed by atoms with Crippen molar-refractivity contribution < 1.29 is 4.79 Å². The summed E-state index contributed by atoms with van der Waals surface area (Å²) in [6.45, 7) is 0.618. The van der Waals surface area contributed by atoms with E-state index in [-0.39, 0.29) is 5.91 Å². The van der Waals surface area contributed by atoms with E-state index in [4.69, 9.17) is 0 Å². The molecule has 0 fully saturated rings. The molecule has 0 spiro atoms. The molecule has 0 heterocycles. The number of carbonyl (C=O) groups excluding carboxylic acids is 1. The molecule has 0 aliphatic rings. The van der Waals surface area contributed by atoms with Crippen molar-refractivity contribution in [1.82, 2.24) is 4.90 Å². The normalized spacial score (nSPS) is 10.8. The summed E-state index contributed by atoms with van der Waals surface area (Å²) in [5.41, 5.74) is 2.17. The number of carbonyl (C=O) groups is 1. The second-order valence-electron chi connectivity index (χ2n) is 4.79. The van der Waals surface area contributed by atoms with Crippen LogP contribution in [0.15, 0.2) is 65.6 Å². The van der Waals surface area contributed by atoms with E-state index in [1.165, 1.54) is 4.90 Å². The lowest BCUT2D eigenvalue weighted by molar-refractivity contribution is -0.125. The largest absolute Gasteiger partial charge is 0.338 e. The lowest BCUT2D eigenvalue weighted by atomic mass is 10.2. The molecule has 0 aromatic heterocycles. The Morgan fingerprint density at radius 2 is 1.76 bits per heavy atom. The number of hydrogen-bond donors (Lipinski definition) is 0. The molecule has 2 aromatic rings. The number of rotatable bonds is 5. The molecule has 0 radical (unpaired) electrons. The van der Waals surface area contributed by atoms with Crippen LogP contribution in [0.1, 0.15) is 11.1 Å². The second kappa shape index (κ2) is 7.70. The summed E-state index contributed by atoms with van der Waals surface area (Å²) < 4.78 is 0. The summed E-state index contributed by atoms with van der Waals surface area (Å²) in [5, 5.41) is 0. The molecule has 0 saturated carbocycles. The molecule has 21 heavy (non-hydrogen) atoms. The van der Waals surface area contributed by atoms with E-state index >= 15 is 0 Å². The Hall–Kier alpha value is -2.00. The van der Waals surface area contributed by atoms with Crippen LogP contribution in [0.2, 0.25) is 0 Å². The van der Waals surface area contributed by atoms with Gasteiger partial charge in [0, 0.05) is 24.6 Å². The van der Waals surface area contributed by atoms with Gasteiger partial charge in [0.05, 0.1) is 0 Å². The molecule has 2 nitrogen and oxygen atoms in total. The molecule has 0 atom stereocenters. The topological polar surface area (TPSA) is 20.3 Å². The Labute approximate surface area is 130 Å². The van der Waals surface area contributed by atoms with E-state index in [9.17, 15) is 4.79 Å². The minimum absolute atomic E-state index is 0.00722. The van der Waals surface area contributed by atoms with Gasteiger partial charge in [0.25, 0.3) is 0 Å². The number of nitrogens with zero attached hydrogens (tertiary/aromatic N) is 1. The Balaban J connectivity index is 1.94. The third kappa shape index (κ3) is 4.80. The van der Waals surface area contributed by atoms with Gasteiger partial charge >= 0.3 is 0 Å². The zero-order chi connectivity index (χ0) is 15.1. The van der Waals surface area contributed by atoms with Gasteiger partial charge < -0.3 is 4.90 Å². The van der Waals surface area contributed by atoms with Crippen molar-refractivity contribution in [3.63, 3.8) is 0 Å². The maximum absolute atomic E-state index is 12.1. The van der Waals surface area contributed by atoms with Gasteiger partial charge in [0.2, 0.25) is 5.91 Å². The number of likely N-dealkylation sites (N-methyl/N-ethyl adjacent to an activating group) is 1. The van der Waals surface area contributed by atoms with Crippen molar-refractivity contribution >= 4 is 23.7 Å². The van der Waals surface area contributed by atoms with Crippen LogP contribution in [-0.2, 0) is 11.3 Å². The Morgan fingerprint density at radius 3 is 2.38 bits per heavy atom. The zero-order valence-corrected chi connectivity index (χ0v) is 13.1. The Bertz CT molecular complexity index is 605. The van der Waals surface area contributed by atoms with E-state index in [1.54, 1.807) is 22.7 Å². The second-order valence-corrected chi connectivity index (χ2v) is 5.67. The Kier molecular flexibility index (Phi) is 5.64. The summed E-state index contributed by atoms with van der Waals surface area (Å²) in [4.78, 5) is 15.0. The molecule has 108 valence electrons. The number of hydrogen-bond acceptors (Lipinski definition) is 2. The zero-order valence-electron chi connectivity index (χ0n) is 12.3. The van der Waals surface area contributed by atoms with Crippen molar-refractivity contribution in [2.24, 2.45) is 0 Å². The fourth-order valence-electron chi connectivity index (χ4n) is 1.94. The lowest BCUT2D eigenvalue weighted by Gasteiger charge is -2.15. The average molecular weight is 297 g/mol. The molecule has 2 aromatic carbocycles. The fraction of sp³-hybridized carbons (Fsp3) is 0.167. The van der Waals surface area contributed by atoms with Crippen LogP contribution in [0.3, 0.4) is 0 Å². The molecule has 1 amide bonds. The summed E-state index contributed by atoms with van der Waals surface area (Å²) in [6.07, 6.45) is 5.51. The van der Waals surface area contributed by atoms with Crippen LogP contribution in [0, 0.1) is 0 Å². The molecule has 0 bridgehead atoms. The van der Waals surface area contributed by atoms with Gasteiger partial charge in [-0.3, -0.25) is 4.79 Å². The molecule has 0 saturated heterocycles. The monoisotopic (exact) mass is 297 g/mol. The highest BCUT2D eigenvalue weighted by atomic mass is 32.2. The molecule has 2 rings (SSSR count). The predicted octanol–water partition coefficient (Wildman–Crippen LogP) is 4.08. The SMILES string of the molecule is CSc1ccc(CN(C)C(=O)/C=C/c2ccccc2)cc1. The summed E-state index contributed by atoms with van der Waals surface area (Å²) in [5.74, 6) is 0.00722. The van der Waals surface area contributed by atoms with Gasteiger partial charge in [-0.2, -0.15) is 0 Å². The maximum atomic E-state index is 12.1. The first-order valence-electron chi connectivity index (χ1n) is 6.80. The number of amides is 1. The number of benzene rings is 2. The minimum atomic E-state index is 0.00722. The number of thioether (sulfide) groups is 1. The van der Waals surface area contributed by atoms with E-state index in [0.29, 0.717) is 6.54 Å². The third-order valence-corrected chi connectivity index (χ3v) is 3.92. The summed E-state index contributed by atoms with van der Waals surface area (Å²) in [7, 11) is 1.82. The summed E-state index contributed by atoms with van der Waals surface area (Å²) in [6, 6.07) is 18.1. The van der Waals surface area contributed by atoms with Crippen LogP contribution in [0.5, 0.6) is 0 Å². The van der Waals surface area contributed by atoms with Crippen molar-refractivity contribution in [1.29, 1.82) is 0 Å². The molecule has 0 N–H and O–H groups in total. The highest BCUT2D eigenvalue weighted by molar-refractivity contribution is 7.98. The van der Waals surface area contributed by atoms with E-state index in [2.05, 4.69) is 30.5 Å². The van der Waals surface area contributed by atoms with Crippen LogP contribution in [0.25, 0.3) is 6.08 Å². The minimum Gasteiger partial charge on any atom is -0.338 e. The van der Waals surface area contributed by atoms with Gasteiger partial charge in [-0.05, 0) is 35.6 Å². The standard InChI is InChI=1S/C18H19NOS/c1-19(14-16-8-11-17(21-2)12-9-16)18(20)13-10-15-6-4-3-5-7-15/h3-13H,14H2,1-2H3/b13-10+. The highest BCUT2D eigenvalue weighted by Gasteiger charge is 2.05. The molecule has 3 heteroatoms. The molecular formula is C18H19NOS. The van der Waals surface area contributed by atoms with Crippen molar-refractivity contribution in [3.05, 3.63) is 71.8 Å². The summed E-state index contributed by atoms with van der Waals surface area (Å²) >= 11 is 1.72. The van der Waals surface area contributed by atoms with Gasteiger partial charge in [-0.15, -0.1) is 11.8 Å². The van der Waals surface area contributed by atoms with Gasteiger partial charge in [0.15, 0.2) is 0 Å². The first-order valence-corrected chi connectivity index (χ1v) is 8.02. The van der Waals surface area contributed by atoms with E-state index < -0.39 is 0 Å². The highest BCUT2D eigenvalue weighted by Crippen LogP contribution is 2.15. The smallest absolute Gasteiger partial charge is 0.246 e. The fourth-order valence-corrected chi connectivity index (χ4v) is 2.35. The molecule has 0 unspecified atom stereocenters. The first-order chi connectivity index (χ1) is 10.2. The molecule has 0 aliphatic carbocycles. The average Bonchev–Trinajstić information content (AvgIpc) is 2.54. The van der Waals surface area contributed by atoms with Gasteiger partial charge in [-0.1, -0.05) is 42.5 Å².